The number of hydrogen-bond acceptors (Lipinski definition) is 3. The molecule has 1 aliphatic heterocycles. The number of hydrogen-bond donors (Lipinski definition) is 3. The minimum atomic E-state index is -0.0291. The fraction of sp³-hybridized carbons (Fsp3) is 0.385. The number of aromatic nitrogens is 2. The molecule has 1 atom stereocenters. The second-order valence-electron chi connectivity index (χ2n) is 4.66. The highest BCUT2D eigenvalue weighted by Gasteiger charge is 2.18. The van der Waals surface area contributed by atoms with Crippen LogP contribution in [0.3, 0.4) is 0 Å². The molecule has 1 aliphatic rings. The average molecular weight is 244 g/mol. The van der Waals surface area contributed by atoms with Gasteiger partial charge in [-0.3, -0.25) is 9.89 Å². The topological polar surface area (TPSA) is 69.8 Å². The van der Waals surface area contributed by atoms with Crippen molar-refractivity contribution in [2.24, 2.45) is 0 Å². The van der Waals surface area contributed by atoms with Crippen LogP contribution in [0.15, 0.2) is 24.4 Å². The van der Waals surface area contributed by atoms with Crippen molar-refractivity contribution in [1.82, 2.24) is 20.8 Å². The van der Waals surface area contributed by atoms with E-state index in [1.165, 1.54) is 0 Å². The Labute approximate surface area is 105 Å². The SMILES string of the molecule is O=C(N[C@H]1CCCNC1)c1cccc2cn[nH]c12. The van der Waals surface area contributed by atoms with Crippen LogP contribution in [0, 0.1) is 0 Å². The van der Waals surface area contributed by atoms with Crippen molar-refractivity contribution < 1.29 is 4.79 Å². The second kappa shape index (κ2) is 4.78. The number of nitrogens with zero attached hydrogens (tertiary/aromatic N) is 1. The van der Waals surface area contributed by atoms with Gasteiger partial charge in [0.15, 0.2) is 0 Å². The summed E-state index contributed by atoms with van der Waals surface area (Å²) in [5.41, 5.74) is 1.47. The molecule has 1 saturated heterocycles. The van der Waals surface area contributed by atoms with Crippen molar-refractivity contribution in [2.75, 3.05) is 13.1 Å². The number of fused-ring (bicyclic) bond motifs is 1. The summed E-state index contributed by atoms with van der Waals surface area (Å²) in [6, 6.07) is 5.87. The van der Waals surface area contributed by atoms with E-state index in [9.17, 15) is 4.79 Å². The van der Waals surface area contributed by atoms with E-state index in [1.807, 2.05) is 18.2 Å². The van der Waals surface area contributed by atoms with Gasteiger partial charge < -0.3 is 10.6 Å². The normalized spacial score (nSPS) is 19.9. The van der Waals surface area contributed by atoms with Crippen molar-refractivity contribution >= 4 is 16.8 Å². The highest BCUT2D eigenvalue weighted by Crippen LogP contribution is 2.15. The van der Waals surface area contributed by atoms with Crippen LogP contribution in [0.2, 0.25) is 0 Å². The smallest absolute Gasteiger partial charge is 0.253 e. The average Bonchev–Trinajstić information content (AvgIpc) is 2.87. The summed E-state index contributed by atoms with van der Waals surface area (Å²) in [6.07, 6.45) is 3.88. The molecule has 3 N–H and O–H groups in total. The van der Waals surface area contributed by atoms with E-state index in [1.54, 1.807) is 6.20 Å². The highest BCUT2D eigenvalue weighted by molar-refractivity contribution is 6.05. The summed E-state index contributed by atoms with van der Waals surface area (Å²) in [4.78, 5) is 12.2. The maximum atomic E-state index is 12.2. The number of piperidine rings is 1. The lowest BCUT2D eigenvalue weighted by Gasteiger charge is -2.23. The number of carbonyl (C=O) groups is 1. The zero-order chi connectivity index (χ0) is 12.4. The van der Waals surface area contributed by atoms with Gasteiger partial charge in [0.25, 0.3) is 5.91 Å². The Morgan fingerprint density at radius 2 is 2.39 bits per heavy atom. The van der Waals surface area contributed by atoms with E-state index >= 15 is 0 Å². The Kier molecular flexibility index (Phi) is 2.98. The van der Waals surface area contributed by atoms with E-state index < -0.39 is 0 Å². The molecule has 1 aromatic heterocycles. The van der Waals surface area contributed by atoms with Crippen LogP contribution in [-0.2, 0) is 0 Å². The minimum Gasteiger partial charge on any atom is -0.348 e. The first-order valence-corrected chi connectivity index (χ1v) is 6.28. The Balaban J connectivity index is 1.81. The number of para-hydroxylation sites is 1. The molecule has 94 valence electrons. The summed E-state index contributed by atoms with van der Waals surface area (Å²) >= 11 is 0. The number of H-pyrrole nitrogens is 1. The van der Waals surface area contributed by atoms with Gasteiger partial charge in [0.1, 0.15) is 0 Å². The predicted octanol–water partition coefficient (Wildman–Crippen LogP) is 1.04. The van der Waals surface area contributed by atoms with E-state index in [2.05, 4.69) is 20.8 Å². The highest BCUT2D eigenvalue weighted by atomic mass is 16.1. The van der Waals surface area contributed by atoms with Gasteiger partial charge in [-0.1, -0.05) is 12.1 Å². The Morgan fingerprint density at radius 1 is 1.44 bits per heavy atom. The van der Waals surface area contributed by atoms with Gasteiger partial charge in [0.05, 0.1) is 17.3 Å². The number of carbonyl (C=O) groups excluding carboxylic acids is 1. The maximum Gasteiger partial charge on any atom is 0.253 e. The summed E-state index contributed by atoms with van der Waals surface area (Å²) in [7, 11) is 0. The van der Waals surface area contributed by atoms with E-state index in [-0.39, 0.29) is 11.9 Å². The van der Waals surface area contributed by atoms with Crippen LogP contribution in [0.4, 0.5) is 0 Å². The molecule has 2 aromatic rings. The monoisotopic (exact) mass is 244 g/mol. The maximum absolute atomic E-state index is 12.2. The number of rotatable bonds is 2. The van der Waals surface area contributed by atoms with Gasteiger partial charge in [-0.15, -0.1) is 0 Å². The standard InChI is InChI=1S/C13H16N4O/c18-13(16-10-4-2-6-14-8-10)11-5-1-3-9-7-15-17-12(9)11/h1,3,5,7,10,14H,2,4,6,8H2,(H,15,17)(H,16,18)/t10-/m0/s1. The van der Waals surface area contributed by atoms with Gasteiger partial charge in [0, 0.05) is 18.0 Å². The first kappa shape index (κ1) is 11.2. The fourth-order valence-electron chi connectivity index (χ4n) is 2.40. The third-order valence-electron chi connectivity index (χ3n) is 3.35. The van der Waals surface area contributed by atoms with Crippen LogP contribution < -0.4 is 10.6 Å². The summed E-state index contributed by atoms with van der Waals surface area (Å²) < 4.78 is 0. The molecular weight excluding hydrogens is 228 g/mol. The minimum absolute atomic E-state index is 0.0291. The molecule has 5 heteroatoms. The van der Waals surface area contributed by atoms with E-state index in [4.69, 9.17) is 0 Å². The zero-order valence-corrected chi connectivity index (χ0v) is 10.1. The first-order valence-electron chi connectivity index (χ1n) is 6.28. The zero-order valence-electron chi connectivity index (χ0n) is 10.1. The molecule has 0 unspecified atom stereocenters. The Morgan fingerprint density at radius 3 is 3.22 bits per heavy atom. The Hall–Kier alpha value is -1.88. The van der Waals surface area contributed by atoms with Crippen molar-refractivity contribution in [2.45, 2.75) is 18.9 Å². The fourth-order valence-corrected chi connectivity index (χ4v) is 2.40. The van der Waals surface area contributed by atoms with Crippen LogP contribution in [0.1, 0.15) is 23.2 Å². The molecule has 0 aliphatic carbocycles. The van der Waals surface area contributed by atoms with Crippen molar-refractivity contribution in [3.63, 3.8) is 0 Å². The molecule has 5 nitrogen and oxygen atoms in total. The molecule has 0 bridgehead atoms. The third-order valence-corrected chi connectivity index (χ3v) is 3.35. The largest absolute Gasteiger partial charge is 0.348 e. The van der Waals surface area contributed by atoms with Gasteiger partial charge in [-0.2, -0.15) is 5.10 Å². The summed E-state index contributed by atoms with van der Waals surface area (Å²) in [5, 5.41) is 14.2. The molecule has 18 heavy (non-hydrogen) atoms. The van der Waals surface area contributed by atoms with Gasteiger partial charge in [0.2, 0.25) is 0 Å². The number of amides is 1. The predicted molar refractivity (Wildman–Crippen MR) is 69.5 cm³/mol. The van der Waals surface area contributed by atoms with Crippen molar-refractivity contribution in [1.29, 1.82) is 0 Å². The molecule has 1 fully saturated rings. The van der Waals surface area contributed by atoms with Crippen molar-refractivity contribution in [3.8, 4) is 0 Å². The van der Waals surface area contributed by atoms with Crippen molar-refractivity contribution in [3.05, 3.63) is 30.0 Å². The quantitative estimate of drug-likeness (QED) is 0.739. The van der Waals surface area contributed by atoms with E-state index in [0.717, 1.165) is 36.8 Å². The molecule has 1 aromatic carbocycles. The molecule has 0 radical (unpaired) electrons. The lowest BCUT2D eigenvalue weighted by Crippen LogP contribution is -2.45. The summed E-state index contributed by atoms with van der Waals surface area (Å²) in [6.45, 7) is 1.90. The van der Waals surface area contributed by atoms with Crippen LogP contribution in [0.5, 0.6) is 0 Å². The van der Waals surface area contributed by atoms with Crippen LogP contribution >= 0.6 is 0 Å². The first-order chi connectivity index (χ1) is 8.84. The molecule has 1 amide bonds. The molecule has 0 saturated carbocycles. The van der Waals surface area contributed by atoms with Gasteiger partial charge >= 0.3 is 0 Å². The summed E-state index contributed by atoms with van der Waals surface area (Å²) in [5.74, 6) is -0.0291. The Bertz CT molecular complexity index is 557. The van der Waals surface area contributed by atoms with Gasteiger partial charge in [-0.05, 0) is 25.5 Å². The number of nitrogens with one attached hydrogen (secondary N) is 3. The third kappa shape index (κ3) is 2.09. The molecule has 3 rings (SSSR count). The van der Waals surface area contributed by atoms with Crippen LogP contribution in [-0.4, -0.2) is 35.2 Å². The lowest BCUT2D eigenvalue weighted by atomic mass is 10.1. The second-order valence-corrected chi connectivity index (χ2v) is 4.66. The molecule has 0 spiro atoms. The van der Waals surface area contributed by atoms with E-state index in [0.29, 0.717) is 5.56 Å². The number of benzene rings is 1. The van der Waals surface area contributed by atoms with Crippen LogP contribution in [0.25, 0.3) is 10.9 Å². The molecular formula is C13H16N4O. The number of aromatic amines is 1. The lowest BCUT2D eigenvalue weighted by molar-refractivity contribution is 0.0932. The van der Waals surface area contributed by atoms with Gasteiger partial charge in [-0.25, -0.2) is 0 Å². The molecule has 2 heterocycles.